The molecule has 0 aliphatic carbocycles. The van der Waals surface area contributed by atoms with E-state index in [0.29, 0.717) is 4.90 Å². The maximum atomic E-state index is 12.7. The Morgan fingerprint density at radius 2 is 1.80 bits per heavy atom. The minimum absolute atomic E-state index is 0.155. The minimum Gasteiger partial charge on any atom is -0.320 e. The lowest BCUT2D eigenvalue weighted by atomic mass is 10.2. The summed E-state index contributed by atoms with van der Waals surface area (Å²) in [4.78, 5) is 35.4. The molecule has 154 valence electrons. The van der Waals surface area contributed by atoms with Crippen molar-refractivity contribution in [3.63, 3.8) is 0 Å². The van der Waals surface area contributed by atoms with Gasteiger partial charge in [0.2, 0.25) is 5.69 Å². The van der Waals surface area contributed by atoms with Gasteiger partial charge in [-0.3, -0.25) is 29.7 Å². The second-order valence-corrected chi connectivity index (χ2v) is 7.44. The van der Waals surface area contributed by atoms with Gasteiger partial charge in [0.1, 0.15) is 6.20 Å². The van der Waals surface area contributed by atoms with Crippen LogP contribution in [0.25, 0.3) is 0 Å². The molecule has 0 saturated heterocycles. The van der Waals surface area contributed by atoms with E-state index in [1.54, 1.807) is 13.0 Å². The molecule has 3 rings (SSSR count). The molecule has 11 heteroatoms. The van der Waals surface area contributed by atoms with Gasteiger partial charge in [-0.05, 0) is 32.0 Å². The zero-order chi connectivity index (χ0) is 21.8. The van der Waals surface area contributed by atoms with Gasteiger partial charge < -0.3 is 5.32 Å². The van der Waals surface area contributed by atoms with Crippen molar-refractivity contribution in [2.75, 3.05) is 5.32 Å². The van der Waals surface area contributed by atoms with Crippen LogP contribution in [0.3, 0.4) is 0 Å². The highest BCUT2D eigenvalue weighted by Crippen LogP contribution is 2.33. The summed E-state index contributed by atoms with van der Waals surface area (Å²) in [6.07, 6.45) is 1.00. The first kappa shape index (κ1) is 21.0. The SMILES string of the molecule is CCn1ncc([N+](=O)[O-])c1C(=O)Nc1cc(Sc2ccc(C)cc2)cc([N+](=O)[O-])c1. The zero-order valence-corrected chi connectivity index (χ0v) is 16.9. The van der Waals surface area contributed by atoms with Crippen molar-refractivity contribution in [2.24, 2.45) is 0 Å². The van der Waals surface area contributed by atoms with E-state index in [4.69, 9.17) is 0 Å². The van der Waals surface area contributed by atoms with Crippen molar-refractivity contribution in [1.29, 1.82) is 0 Å². The molecule has 2 aromatic carbocycles. The number of carbonyl (C=O) groups is 1. The smallest absolute Gasteiger partial charge is 0.320 e. The van der Waals surface area contributed by atoms with E-state index in [-0.39, 0.29) is 23.6 Å². The molecular formula is C19H17N5O5S. The van der Waals surface area contributed by atoms with E-state index in [0.717, 1.165) is 16.7 Å². The molecule has 0 spiro atoms. The third-order valence-electron chi connectivity index (χ3n) is 4.15. The number of amides is 1. The number of nitro benzene ring substituents is 1. The number of rotatable bonds is 7. The Kier molecular flexibility index (Phi) is 6.11. The number of hydrogen-bond donors (Lipinski definition) is 1. The lowest BCUT2D eigenvalue weighted by Gasteiger charge is -2.09. The summed E-state index contributed by atoms with van der Waals surface area (Å²) in [5.74, 6) is -0.771. The van der Waals surface area contributed by atoms with Gasteiger partial charge in [0.25, 0.3) is 11.6 Å². The molecule has 1 amide bonds. The van der Waals surface area contributed by atoms with E-state index >= 15 is 0 Å². The van der Waals surface area contributed by atoms with Crippen molar-refractivity contribution in [3.05, 3.63) is 80.1 Å². The summed E-state index contributed by atoms with van der Waals surface area (Å²) in [6, 6.07) is 11.8. The van der Waals surface area contributed by atoms with Crippen LogP contribution in [0.2, 0.25) is 0 Å². The first-order valence-corrected chi connectivity index (χ1v) is 9.65. The molecule has 0 atom stereocenters. The second kappa shape index (κ2) is 8.74. The van der Waals surface area contributed by atoms with Crippen molar-refractivity contribution >= 4 is 34.7 Å². The van der Waals surface area contributed by atoms with Crippen molar-refractivity contribution in [2.45, 2.75) is 30.2 Å². The predicted octanol–water partition coefficient (Wildman–Crippen LogP) is 4.43. The molecule has 0 unspecified atom stereocenters. The van der Waals surface area contributed by atoms with Crippen LogP contribution in [0.1, 0.15) is 23.0 Å². The van der Waals surface area contributed by atoms with Gasteiger partial charge in [0, 0.05) is 34.2 Å². The molecule has 0 radical (unpaired) electrons. The Morgan fingerprint density at radius 3 is 2.40 bits per heavy atom. The highest BCUT2D eigenvalue weighted by Gasteiger charge is 2.27. The van der Waals surface area contributed by atoms with Gasteiger partial charge in [-0.2, -0.15) is 5.10 Å². The summed E-state index contributed by atoms with van der Waals surface area (Å²) < 4.78 is 1.20. The summed E-state index contributed by atoms with van der Waals surface area (Å²) in [5.41, 5.74) is 0.374. The lowest BCUT2D eigenvalue weighted by Crippen LogP contribution is -2.18. The first-order chi connectivity index (χ1) is 14.3. The quantitative estimate of drug-likeness (QED) is 0.435. The number of benzene rings is 2. The first-order valence-electron chi connectivity index (χ1n) is 8.84. The van der Waals surface area contributed by atoms with Gasteiger partial charge >= 0.3 is 5.69 Å². The Morgan fingerprint density at radius 1 is 1.10 bits per heavy atom. The fraction of sp³-hybridized carbons (Fsp3) is 0.158. The summed E-state index contributed by atoms with van der Waals surface area (Å²) in [6.45, 7) is 3.90. The molecule has 0 fully saturated rings. The second-order valence-electron chi connectivity index (χ2n) is 6.29. The van der Waals surface area contributed by atoms with Crippen LogP contribution in [0.5, 0.6) is 0 Å². The van der Waals surface area contributed by atoms with Gasteiger partial charge in [-0.15, -0.1) is 0 Å². The van der Waals surface area contributed by atoms with Gasteiger partial charge in [-0.1, -0.05) is 29.5 Å². The van der Waals surface area contributed by atoms with E-state index in [1.807, 2.05) is 31.2 Å². The standard InChI is InChI=1S/C19H17N5O5S/c1-3-22-18(17(11-20-22)24(28)29)19(25)21-13-8-14(23(26)27)10-16(9-13)30-15-6-4-12(2)5-7-15/h4-11H,3H2,1-2H3,(H,21,25). The van der Waals surface area contributed by atoms with Crippen LogP contribution in [0.15, 0.2) is 58.5 Å². The Bertz CT molecular complexity index is 1130. The fourth-order valence-electron chi connectivity index (χ4n) is 2.73. The molecule has 30 heavy (non-hydrogen) atoms. The summed E-state index contributed by atoms with van der Waals surface area (Å²) in [7, 11) is 0. The van der Waals surface area contributed by atoms with Crippen LogP contribution in [0.4, 0.5) is 17.1 Å². The monoisotopic (exact) mass is 427 g/mol. The molecule has 1 N–H and O–H groups in total. The Hall–Kier alpha value is -3.73. The average Bonchev–Trinajstić information content (AvgIpc) is 3.14. The number of aromatic nitrogens is 2. The topological polar surface area (TPSA) is 133 Å². The van der Waals surface area contributed by atoms with Crippen LogP contribution in [-0.4, -0.2) is 25.5 Å². The number of nitrogens with one attached hydrogen (secondary N) is 1. The number of carbonyl (C=O) groups excluding carboxylic acids is 1. The number of non-ortho nitro benzene ring substituents is 1. The third kappa shape index (κ3) is 4.63. The molecule has 0 aliphatic rings. The third-order valence-corrected chi connectivity index (χ3v) is 5.13. The molecule has 0 aliphatic heterocycles. The average molecular weight is 427 g/mol. The fourth-order valence-corrected chi connectivity index (χ4v) is 3.64. The van der Waals surface area contributed by atoms with E-state index in [9.17, 15) is 25.0 Å². The van der Waals surface area contributed by atoms with Crippen LogP contribution in [-0.2, 0) is 6.54 Å². The Balaban J connectivity index is 1.94. The summed E-state index contributed by atoms with van der Waals surface area (Å²) >= 11 is 1.30. The van der Waals surface area contributed by atoms with Crippen LogP contribution in [0, 0.1) is 27.2 Å². The van der Waals surface area contributed by atoms with Gasteiger partial charge in [-0.25, -0.2) is 0 Å². The highest BCUT2D eigenvalue weighted by molar-refractivity contribution is 7.99. The molecule has 3 aromatic rings. The molecule has 1 aromatic heterocycles. The number of anilines is 1. The predicted molar refractivity (Wildman–Crippen MR) is 111 cm³/mol. The number of hydrogen-bond acceptors (Lipinski definition) is 7. The summed E-state index contributed by atoms with van der Waals surface area (Å²) in [5, 5.41) is 28.9. The molecule has 1 heterocycles. The van der Waals surface area contributed by atoms with Crippen molar-refractivity contribution in [3.8, 4) is 0 Å². The lowest BCUT2D eigenvalue weighted by molar-refractivity contribution is -0.385. The van der Waals surface area contributed by atoms with Crippen LogP contribution >= 0.6 is 11.8 Å². The maximum absolute atomic E-state index is 12.7. The minimum atomic E-state index is -0.771. The number of aryl methyl sites for hydroxylation is 2. The molecule has 10 nitrogen and oxygen atoms in total. The highest BCUT2D eigenvalue weighted by atomic mass is 32.2. The molecule has 0 bridgehead atoms. The van der Waals surface area contributed by atoms with Crippen molar-refractivity contribution < 1.29 is 14.6 Å². The number of nitrogens with zero attached hydrogens (tertiary/aromatic N) is 4. The Labute approximate surface area is 175 Å². The zero-order valence-electron chi connectivity index (χ0n) is 16.1. The normalized spacial score (nSPS) is 10.6. The molecular weight excluding hydrogens is 410 g/mol. The number of nitro groups is 2. The van der Waals surface area contributed by atoms with E-state index < -0.39 is 21.4 Å². The van der Waals surface area contributed by atoms with E-state index in [1.165, 1.54) is 28.6 Å². The van der Waals surface area contributed by atoms with Gasteiger partial charge in [0.05, 0.1) is 9.85 Å². The van der Waals surface area contributed by atoms with Crippen LogP contribution < -0.4 is 5.32 Å². The van der Waals surface area contributed by atoms with Gasteiger partial charge in [0.15, 0.2) is 0 Å². The maximum Gasteiger partial charge on any atom is 0.320 e. The largest absolute Gasteiger partial charge is 0.320 e. The van der Waals surface area contributed by atoms with Crippen molar-refractivity contribution in [1.82, 2.24) is 9.78 Å². The molecule has 0 saturated carbocycles. The van der Waals surface area contributed by atoms with E-state index in [2.05, 4.69) is 10.4 Å².